The Balaban J connectivity index is 2.51. The van der Waals surface area contributed by atoms with Crippen molar-refractivity contribution in [3.8, 4) is 0 Å². The van der Waals surface area contributed by atoms with E-state index in [4.69, 9.17) is 5.73 Å². The van der Waals surface area contributed by atoms with Crippen molar-refractivity contribution in [2.75, 3.05) is 18.4 Å². The molecule has 0 radical (unpaired) electrons. The van der Waals surface area contributed by atoms with Gasteiger partial charge < -0.3 is 11.1 Å². The molecule has 0 amide bonds. The lowest BCUT2D eigenvalue weighted by molar-refractivity contribution is 0.963. The maximum absolute atomic E-state index is 5.44. The van der Waals surface area contributed by atoms with Gasteiger partial charge in [0.05, 0.1) is 5.69 Å². The molecule has 0 aliphatic rings. The number of anilines is 1. The summed E-state index contributed by atoms with van der Waals surface area (Å²) in [4.78, 5) is 0. The van der Waals surface area contributed by atoms with Gasteiger partial charge in [0, 0.05) is 23.9 Å². The molecule has 4 nitrogen and oxygen atoms in total. The van der Waals surface area contributed by atoms with Gasteiger partial charge in [0.25, 0.3) is 0 Å². The molecule has 3 N–H and O–H groups in total. The summed E-state index contributed by atoms with van der Waals surface area (Å²) in [5, 5.41) is 13.6. The average molecular weight is 202 g/mol. The van der Waals surface area contributed by atoms with Crippen LogP contribution in [0.5, 0.6) is 0 Å². The SMILES string of the molecule is Cc1nnc(NCCN)c2ccccc12. The molecule has 0 saturated heterocycles. The van der Waals surface area contributed by atoms with E-state index in [0.717, 1.165) is 22.3 Å². The fourth-order valence-electron chi connectivity index (χ4n) is 1.56. The zero-order valence-corrected chi connectivity index (χ0v) is 8.70. The molecule has 2 rings (SSSR count). The van der Waals surface area contributed by atoms with Crippen LogP contribution < -0.4 is 11.1 Å². The standard InChI is InChI=1S/C11H14N4/c1-8-9-4-2-3-5-10(9)11(15-14-8)13-7-6-12/h2-5H,6-7,12H2,1H3,(H,13,15). The Labute approximate surface area is 88.5 Å². The van der Waals surface area contributed by atoms with Crippen LogP contribution >= 0.6 is 0 Å². The molecule has 1 heterocycles. The van der Waals surface area contributed by atoms with Crippen LogP contribution in [-0.2, 0) is 0 Å². The molecule has 78 valence electrons. The predicted octanol–water partition coefficient (Wildman–Crippen LogP) is 1.31. The largest absolute Gasteiger partial charge is 0.367 e. The van der Waals surface area contributed by atoms with Crippen LogP contribution in [0.25, 0.3) is 10.8 Å². The molecule has 15 heavy (non-hydrogen) atoms. The van der Waals surface area contributed by atoms with E-state index < -0.39 is 0 Å². The van der Waals surface area contributed by atoms with E-state index >= 15 is 0 Å². The van der Waals surface area contributed by atoms with Gasteiger partial charge >= 0.3 is 0 Å². The molecule has 0 unspecified atom stereocenters. The lowest BCUT2D eigenvalue weighted by Crippen LogP contribution is -2.14. The number of nitrogens with two attached hydrogens (primary N) is 1. The van der Waals surface area contributed by atoms with Crippen LogP contribution in [0.15, 0.2) is 24.3 Å². The van der Waals surface area contributed by atoms with Crippen molar-refractivity contribution < 1.29 is 0 Å². The minimum absolute atomic E-state index is 0.587. The number of hydrogen-bond donors (Lipinski definition) is 2. The van der Waals surface area contributed by atoms with Crippen molar-refractivity contribution in [1.82, 2.24) is 10.2 Å². The first kappa shape index (κ1) is 9.86. The number of fused-ring (bicyclic) bond motifs is 1. The Hall–Kier alpha value is -1.68. The first-order chi connectivity index (χ1) is 7.33. The molecule has 1 aromatic heterocycles. The number of hydrogen-bond acceptors (Lipinski definition) is 4. The van der Waals surface area contributed by atoms with Crippen LogP contribution in [-0.4, -0.2) is 23.3 Å². The second kappa shape index (κ2) is 4.23. The highest BCUT2D eigenvalue weighted by molar-refractivity contribution is 5.92. The van der Waals surface area contributed by atoms with Crippen LogP contribution in [0.1, 0.15) is 5.69 Å². The Morgan fingerprint density at radius 2 is 1.93 bits per heavy atom. The van der Waals surface area contributed by atoms with Gasteiger partial charge in [-0.25, -0.2) is 0 Å². The molecule has 0 aliphatic carbocycles. The number of aromatic nitrogens is 2. The van der Waals surface area contributed by atoms with Gasteiger partial charge in [-0.05, 0) is 6.92 Å². The summed E-state index contributed by atoms with van der Waals surface area (Å²) in [5.41, 5.74) is 6.39. The van der Waals surface area contributed by atoms with Crippen molar-refractivity contribution in [2.45, 2.75) is 6.92 Å². The summed E-state index contributed by atoms with van der Waals surface area (Å²) < 4.78 is 0. The van der Waals surface area contributed by atoms with E-state index in [0.29, 0.717) is 13.1 Å². The molecule has 0 saturated carbocycles. The van der Waals surface area contributed by atoms with Crippen molar-refractivity contribution >= 4 is 16.6 Å². The molecule has 0 fully saturated rings. The fourth-order valence-corrected chi connectivity index (χ4v) is 1.56. The monoisotopic (exact) mass is 202 g/mol. The van der Waals surface area contributed by atoms with E-state index in [-0.39, 0.29) is 0 Å². The van der Waals surface area contributed by atoms with Crippen LogP contribution in [0, 0.1) is 6.92 Å². The van der Waals surface area contributed by atoms with Gasteiger partial charge in [-0.2, -0.15) is 5.10 Å². The minimum Gasteiger partial charge on any atom is -0.367 e. The second-order valence-electron chi connectivity index (χ2n) is 3.40. The third-order valence-corrected chi connectivity index (χ3v) is 2.31. The minimum atomic E-state index is 0.587. The number of nitrogens with zero attached hydrogens (tertiary/aromatic N) is 2. The van der Waals surface area contributed by atoms with Gasteiger partial charge in [-0.15, -0.1) is 5.10 Å². The summed E-state index contributed by atoms with van der Waals surface area (Å²) in [6.07, 6.45) is 0. The third kappa shape index (κ3) is 1.89. The molecular formula is C11H14N4. The van der Waals surface area contributed by atoms with E-state index in [2.05, 4.69) is 15.5 Å². The smallest absolute Gasteiger partial charge is 0.156 e. The topological polar surface area (TPSA) is 63.8 Å². The molecule has 0 aliphatic heterocycles. The van der Waals surface area contributed by atoms with Crippen molar-refractivity contribution in [1.29, 1.82) is 0 Å². The molecule has 1 aromatic carbocycles. The zero-order chi connectivity index (χ0) is 10.7. The van der Waals surface area contributed by atoms with Gasteiger partial charge in [0.1, 0.15) is 0 Å². The van der Waals surface area contributed by atoms with Gasteiger partial charge in [0.15, 0.2) is 5.82 Å². The molecule has 0 atom stereocenters. The highest BCUT2D eigenvalue weighted by Gasteiger charge is 2.04. The Bertz CT molecular complexity index is 467. The first-order valence-corrected chi connectivity index (χ1v) is 4.99. The Morgan fingerprint density at radius 1 is 1.20 bits per heavy atom. The van der Waals surface area contributed by atoms with Crippen LogP contribution in [0.4, 0.5) is 5.82 Å². The molecule has 2 aromatic rings. The molecule has 0 spiro atoms. The van der Waals surface area contributed by atoms with E-state index in [1.165, 1.54) is 0 Å². The maximum atomic E-state index is 5.44. The normalized spacial score (nSPS) is 10.5. The number of aryl methyl sites for hydroxylation is 1. The van der Waals surface area contributed by atoms with Gasteiger partial charge in [-0.3, -0.25) is 0 Å². The summed E-state index contributed by atoms with van der Waals surface area (Å²) in [6.45, 7) is 3.26. The average Bonchev–Trinajstić information content (AvgIpc) is 2.29. The van der Waals surface area contributed by atoms with Crippen LogP contribution in [0.3, 0.4) is 0 Å². The third-order valence-electron chi connectivity index (χ3n) is 2.31. The summed E-state index contributed by atoms with van der Waals surface area (Å²) in [6, 6.07) is 8.09. The quantitative estimate of drug-likeness (QED) is 0.787. The predicted molar refractivity (Wildman–Crippen MR) is 61.8 cm³/mol. The molecular weight excluding hydrogens is 188 g/mol. The fraction of sp³-hybridized carbons (Fsp3) is 0.273. The lowest BCUT2D eigenvalue weighted by atomic mass is 10.1. The summed E-state index contributed by atoms with van der Waals surface area (Å²) >= 11 is 0. The Kier molecular flexibility index (Phi) is 2.78. The highest BCUT2D eigenvalue weighted by Crippen LogP contribution is 2.21. The zero-order valence-electron chi connectivity index (χ0n) is 8.70. The summed E-state index contributed by atoms with van der Waals surface area (Å²) in [5.74, 6) is 0.807. The van der Waals surface area contributed by atoms with Crippen molar-refractivity contribution in [3.05, 3.63) is 30.0 Å². The van der Waals surface area contributed by atoms with E-state index in [9.17, 15) is 0 Å². The van der Waals surface area contributed by atoms with Crippen molar-refractivity contribution in [3.63, 3.8) is 0 Å². The van der Waals surface area contributed by atoms with Crippen molar-refractivity contribution in [2.24, 2.45) is 5.73 Å². The number of rotatable bonds is 3. The van der Waals surface area contributed by atoms with Crippen LogP contribution in [0.2, 0.25) is 0 Å². The maximum Gasteiger partial charge on any atom is 0.156 e. The van der Waals surface area contributed by atoms with E-state index in [1.807, 2.05) is 31.2 Å². The number of nitrogens with one attached hydrogen (secondary N) is 1. The summed E-state index contributed by atoms with van der Waals surface area (Å²) in [7, 11) is 0. The highest BCUT2D eigenvalue weighted by atomic mass is 15.2. The molecule has 4 heteroatoms. The second-order valence-corrected chi connectivity index (χ2v) is 3.40. The van der Waals surface area contributed by atoms with Gasteiger partial charge in [0.2, 0.25) is 0 Å². The Morgan fingerprint density at radius 3 is 2.67 bits per heavy atom. The molecule has 0 bridgehead atoms. The number of benzene rings is 1. The lowest BCUT2D eigenvalue weighted by Gasteiger charge is -2.07. The van der Waals surface area contributed by atoms with E-state index in [1.54, 1.807) is 0 Å². The van der Waals surface area contributed by atoms with Gasteiger partial charge in [-0.1, -0.05) is 24.3 Å². The first-order valence-electron chi connectivity index (χ1n) is 4.99.